The van der Waals surface area contributed by atoms with Crippen molar-refractivity contribution in [3.05, 3.63) is 29.6 Å². The summed E-state index contributed by atoms with van der Waals surface area (Å²) in [6, 6.07) is 4.91. The molecule has 0 bridgehead atoms. The van der Waals surface area contributed by atoms with E-state index in [1.165, 1.54) is 6.07 Å². The fourth-order valence-electron chi connectivity index (χ4n) is 1.45. The zero-order valence-electron chi connectivity index (χ0n) is 10.9. The van der Waals surface area contributed by atoms with E-state index in [9.17, 15) is 9.18 Å². The molecule has 1 amide bonds. The maximum atomic E-state index is 13.7. The van der Waals surface area contributed by atoms with Gasteiger partial charge in [0.25, 0.3) is 0 Å². The fraction of sp³-hybridized carbons (Fsp3) is 0.462. The summed E-state index contributed by atoms with van der Waals surface area (Å²) in [6.45, 7) is 2.11. The van der Waals surface area contributed by atoms with E-state index in [1.807, 2.05) is 14.0 Å². The molecule has 0 fully saturated rings. The van der Waals surface area contributed by atoms with Crippen molar-refractivity contribution in [3.63, 3.8) is 0 Å². The number of amides is 1. The largest absolute Gasteiger partial charge is 0.490 e. The first-order valence-corrected chi connectivity index (χ1v) is 5.88. The normalized spacial score (nSPS) is 12.0. The van der Waals surface area contributed by atoms with Crippen LogP contribution in [0.1, 0.15) is 24.9 Å². The van der Waals surface area contributed by atoms with Crippen LogP contribution in [0, 0.1) is 5.82 Å². The smallest absolute Gasteiger partial charge is 0.223 e. The molecule has 0 aliphatic carbocycles. The Bertz CT molecular complexity index is 410. The molecule has 0 aliphatic heterocycles. The monoisotopic (exact) mass is 254 g/mol. The number of nitrogens with one attached hydrogen (secondary N) is 2. The highest BCUT2D eigenvalue weighted by atomic mass is 19.1. The second kappa shape index (κ2) is 6.96. The van der Waals surface area contributed by atoms with Crippen molar-refractivity contribution in [2.45, 2.75) is 19.4 Å². The molecule has 0 radical (unpaired) electrons. The Labute approximate surface area is 107 Å². The lowest BCUT2D eigenvalue weighted by atomic mass is 10.1. The van der Waals surface area contributed by atoms with Crippen LogP contribution in [0.2, 0.25) is 0 Å². The van der Waals surface area contributed by atoms with Crippen molar-refractivity contribution in [2.24, 2.45) is 0 Å². The Morgan fingerprint density at radius 2 is 2.17 bits per heavy atom. The van der Waals surface area contributed by atoms with Gasteiger partial charge in [0.05, 0.1) is 13.0 Å². The highest BCUT2D eigenvalue weighted by Gasteiger charge is 2.09. The molecule has 2 N–H and O–H groups in total. The van der Waals surface area contributed by atoms with E-state index in [0.29, 0.717) is 0 Å². The average Bonchev–Trinajstić information content (AvgIpc) is 2.39. The molecule has 0 aliphatic rings. The second-order valence-electron chi connectivity index (χ2n) is 3.97. The molecular formula is C13H19FN2O2. The van der Waals surface area contributed by atoms with E-state index < -0.39 is 5.82 Å². The van der Waals surface area contributed by atoms with E-state index in [-0.39, 0.29) is 30.7 Å². The molecule has 1 rings (SSSR count). The van der Waals surface area contributed by atoms with Crippen LogP contribution in [0.25, 0.3) is 0 Å². The first-order valence-electron chi connectivity index (χ1n) is 5.88. The second-order valence-corrected chi connectivity index (χ2v) is 3.97. The summed E-state index contributed by atoms with van der Waals surface area (Å²) in [5, 5.41) is 5.51. The van der Waals surface area contributed by atoms with Crippen molar-refractivity contribution >= 4 is 5.91 Å². The maximum absolute atomic E-state index is 13.7. The lowest BCUT2D eigenvalue weighted by Gasteiger charge is -2.12. The molecule has 5 heteroatoms. The van der Waals surface area contributed by atoms with Crippen LogP contribution in [-0.4, -0.2) is 26.6 Å². The Morgan fingerprint density at radius 3 is 2.72 bits per heavy atom. The van der Waals surface area contributed by atoms with E-state index in [2.05, 4.69) is 10.6 Å². The predicted octanol–water partition coefficient (Wildman–Crippen LogP) is 1.62. The van der Waals surface area contributed by atoms with Gasteiger partial charge in [0.15, 0.2) is 11.6 Å². The Hall–Kier alpha value is -1.62. The first-order chi connectivity index (χ1) is 8.58. The lowest BCUT2D eigenvalue weighted by molar-refractivity contribution is -0.121. The number of hydrogen-bond donors (Lipinski definition) is 2. The fourth-order valence-corrected chi connectivity index (χ4v) is 1.45. The number of hydrogen-bond acceptors (Lipinski definition) is 3. The maximum Gasteiger partial charge on any atom is 0.223 e. The molecule has 100 valence electrons. The Balaban J connectivity index is 2.60. The molecule has 18 heavy (non-hydrogen) atoms. The summed E-state index contributed by atoms with van der Waals surface area (Å²) in [4.78, 5) is 11.0. The third kappa shape index (κ3) is 4.00. The van der Waals surface area contributed by atoms with Crippen LogP contribution in [0.5, 0.6) is 5.75 Å². The van der Waals surface area contributed by atoms with Crippen LogP contribution in [0.3, 0.4) is 0 Å². The molecule has 0 spiro atoms. The zero-order chi connectivity index (χ0) is 13.5. The summed E-state index contributed by atoms with van der Waals surface area (Å²) >= 11 is 0. The van der Waals surface area contributed by atoms with Crippen LogP contribution in [0.15, 0.2) is 18.2 Å². The van der Waals surface area contributed by atoms with Gasteiger partial charge in [-0.3, -0.25) is 4.79 Å². The summed E-state index contributed by atoms with van der Waals surface area (Å²) < 4.78 is 18.9. The molecule has 0 saturated heterocycles. The Kier molecular flexibility index (Phi) is 5.58. The molecule has 1 aromatic carbocycles. The predicted molar refractivity (Wildman–Crippen MR) is 68.1 cm³/mol. The standard InChI is InChI=1S/C13H19FN2O2/c1-9(15-2)10-4-5-12(11(14)8-10)18-7-6-13(17)16-3/h4-5,8-9,15H,6-7H2,1-3H3,(H,16,17). The van der Waals surface area contributed by atoms with Crippen LogP contribution in [-0.2, 0) is 4.79 Å². The van der Waals surface area contributed by atoms with Crippen LogP contribution >= 0.6 is 0 Å². The number of carbonyl (C=O) groups excluding carboxylic acids is 1. The van der Waals surface area contributed by atoms with E-state index in [0.717, 1.165) is 5.56 Å². The SMILES string of the molecule is CNC(=O)CCOc1ccc(C(C)NC)cc1F. The number of ether oxygens (including phenoxy) is 1. The third-order valence-electron chi connectivity index (χ3n) is 2.75. The van der Waals surface area contributed by atoms with Gasteiger partial charge < -0.3 is 15.4 Å². The van der Waals surface area contributed by atoms with Crippen molar-refractivity contribution in [1.82, 2.24) is 10.6 Å². The van der Waals surface area contributed by atoms with Gasteiger partial charge in [0, 0.05) is 13.1 Å². The van der Waals surface area contributed by atoms with Crippen LogP contribution < -0.4 is 15.4 Å². The number of carbonyl (C=O) groups is 1. The minimum absolute atomic E-state index is 0.0828. The first kappa shape index (κ1) is 14.4. The van der Waals surface area contributed by atoms with Crippen molar-refractivity contribution in [2.75, 3.05) is 20.7 Å². The van der Waals surface area contributed by atoms with Crippen molar-refractivity contribution < 1.29 is 13.9 Å². The van der Waals surface area contributed by atoms with Gasteiger partial charge in [0.1, 0.15) is 0 Å². The highest BCUT2D eigenvalue weighted by molar-refractivity contribution is 5.75. The third-order valence-corrected chi connectivity index (χ3v) is 2.75. The Morgan fingerprint density at radius 1 is 1.44 bits per heavy atom. The minimum Gasteiger partial charge on any atom is -0.490 e. The van der Waals surface area contributed by atoms with Gasteiger partial charge in [-0.25, -0.2) is 4.39 Å². The average molecular weight is 254 g/mol. The van der Waals surface area contributed by atoms with Crippen LogP contribution in [0.4, 0.5) is 4.39 Å². The van der Waals surface area contributed by atoms with Crippen molar-refractivity contribution in [3.8, 4) is 5.75 Å². The van der Waals surface area contributed by atoms with E-state index >= 15 is 0 Å². The van der Waals surface area contributed by atoms with Gasteiger partial charge in [-0.05, 0) is 31.7 Å². The van der Waals surface area contributed by atoms with Gasteiger partial charge in [0.2, 0.25) is 5.91 Å². The topological polar surface area (TPSA) is 50.4 Å². The van der Waals surface area contributed by atoms with E-state index in [4.69, 9.17) is 4.74 Å². The van der Waals surface area contributed by atoms with Gasteiger partial charge in [-0.1, -0.05) is 6.07 Å². The van der Waals surface area contributed by atoms with Gasteiger partial charge in [-0.15, -0.1) is 0 Å². The number of rotatable bonds is 6. The van der Waals surface area contributed by atoms with E-state index in [1.54, 1.807) is 19.2 Å². The highest BCUT2D eigenvalue weighted by Crippen LogP contribution is 2.21. The molecule has 4 nitrogen and oxygen atoms in total. The van der Waals surface area contributed by atoms with Gasteiger partial charge >= 0.3 is 0 Å². The lowest BCUT2D eigenvalue weighted by Crippen LogP contribution is -2.20. The molecule has 0 aromatic heterocycles. The summed E-state index contributed by atoms with van der Waals surface area (Å²) in [5.74, 6) is -0.367. The molecular weight excluding hydrogens is 235 g/mol. The number of benzene rings is 1. The quantitative estimate of drug-likeness (QED) is 0.811. The molecule has 1 aromatic rings. The van der Waals surface area contributed by atoms with Gasteiger partial charge in [-0.2, -0.15) is 0 Å². The summed E-state index contributed by atoms with van der Waals surface area (Å²) in [6.07, 6.45) is 0.213. The minimum atomic E-state index is -0.411. The molecule has 0 saturated carbocycles. The molecule has 0 heterocycles. The molecule has 1 atom stereocenters. The van der Waals surface area contributed by atoms with Crippen molar-refractivity contribution in [1.29, 1.82) is 0 Å². The number of halogens is 1. The molecule has 1 unspecified atom stereocenters. The summed E-state index contributed by atoms with van der Waals surface area (Å²) in [7, 11) is 3.37. The summed E-state index contributed by atoms with van der Waals surface area (Å²) in [5.41, 5.74) is 0.855. The zero-order valence-corrected chi connectivity index (χ0v) is 10.9.